The van der Waals surface area contributed by atoms with E-state index in [2.05, 4.69) is 5.32 Å². The van der Waals surface area contributed by atoms with Crippen LogP contribution in [0.2, 0.25) is 0 Å². The Bertz CT molecular complexity index is 536. The van der Waals surface area contributed by atoms with Gasteiger partial charge in [-0.1, -0.05) is 0 Å². The summed E-state index contributed by atoms with van der Waals surface area (Å²) in [6.45, 7) is 0. The highest BCUT2D eigenvalue weighted by molar-refractivity contribution is 7.85. The van der Waals surface area contributed by atoms with E-state index in [4.69, 9.17) is 10.3 Å². The van der Waals surface area contributed by atoms with Gasteiger partial charge >= 0.3 is 0 Å². The molecule has 0 bridgehead atoms. The molecule has 0 saturated carbocycles. The topological polar surface area (TPSA) is 127 Å². The molecule has 2 rings (SSSR count). The quantitative estimate of drug-likeness (QED) is 0.373. The molecule has 1 saturated heterocycles. The number of imide groups is 1. The van der Waals surface area contributed by atoms with Gasteiger partial charge in [-0.3, -0.25) is 19.5 Å². The molecule has 18 heavy (non-hydrogen) atoms. The van der Waals surface area contributed by atoms with Gasteiger partial charge in [0.25, 0.3) is 10.1 Å². The Labute approximate surface area is 104 Å². The Balaban J connectivity index is 0.000000199. The third-order valence-electron chi connectivity index (χ3n) is 2.04. The van der Waals surface area contributed by atoms with Gasteiger partial charge in [-0.05, 0) is 24.3 Å². The fraction of sp³-hybridized carbons (Fsp3) is 0.200. The molecule has 2 amide bonds. The van der Waals surface area contributed by atoms with Crippen molar-refractivity contribution in [3.8, 4) is 0 Å². The van der Waals surface area contributed by atoms with Crippen LogP contribution < -0.4 is 11.1 Å². The van der Waals surface area contributed by atoms with Crippen LogP contribution in [0.25, 0.3) is 0 Å². The molecular weight excluding hydrogens is 260 g/mol. The van der Waals surface area contributed by atoms with Gasteiger partial charge in [-0.2, -0.15) is 8.42 Å². The maximum absolute atomic E-state index is 10.5. The van der Waals surface area contributed by atoms with Gasteiger partial charge < -0.3 is 5.73 Å². The zero-order chi connectivity index (χ0) is 13.8. The van der Waals surface area contributed by atoms with Crippen molar-refractivity contribution in [3.63, 3.8) is 0 Å². The summed E-state index contributed by atoms with van der Waals surface area (Å²) in [5, 5.41) is 2.14. The molecule has 4 N–H and O–H groups in total. The highest BCUT2D eigenvalue weighted by atomic mass is 32.2. The summed E-state index contributed by atoms with van der Waals surface area (Å²) in [5.41, 5.74) is 5.75. The second-order valence-corrected chi connectivity index (χ2v) is 4.94. The minimum Gasteiger partial charge on any atom is -0.399 e. The Hall–Kier alpha value is -1.93. The predicted octanol–water partition coefficient (Wildman–Crippen LogP) is -0.0615. The molecule has 7 nitrogen and oxygen atoms in total. The number of carbonyl (C=O) groups excluding carboxylic acids is 2. The number of rotatable bonds is 1. The summed E-state index contributed by atoms with van der Waals surface area (Å²) in [6, 6.07) is 5.29. The standard InChI is InChI=1S/C6H7NO3S.C4H5NO2/c7-5-1-3-6(4-2-5)11(8,9)10;6-3-1-2-4(7)5-3/h1-4H,7H2,(H,8,9,10);1-2H2,(H,5,6,7). The largest absolute Gasteiger partial charge is 0.399 e. The minimum absolute atomic E-state index is 0.147. The van der Waals surface area contributed by atoms with Crippen LogP contribution in [-0.4, -0.2) is 24.8 Å². The maximum Gasteiger partial charge on any atom is 0.294 e. The maximum atomic E-state index is 10.5. The molecule has 1 heterocycles. The van der Waals surface area contributed by atoms with Gasteiger partial charge in [-0.15, -0.1) is 0 Å². The average molecular weight is 272 g/mol. The smallest absolute Gasteiger partial charge is 0.294 e. The number of carbonyl (C=O) groups is 2. The Kier molecular flexibility index (Phi) is 4.40. The summed E-state index contributed by atoms with van der Waals surface area (Å²) in [4.78, 5) is 20.1. The van der Waals surface area contributed by atoms with Crippen molar-refractivity contribution >= 4 is 27.6 Å². The molecule has 0 aliphatic carbocycles. The number of amides is 2. The van der Waals surface area contributed by atoms with E-state index in [0.29, 0.717) is 18.5 Å². The van der Waals surface area contributed by atoms with E-state index in [1.165, 1.54) is 24.3 Å². The number of nitrogen functional groups attached to an aromatic ring is 1. The first-order chi connectivity index (χ1) is 8.29. The summed E-state index contributed by atoms with van der Waals surface area (Å²) in [6.07, 6.45) is 0.748. The van der Waals surface area contributed by atoms with Crippen LogP contribution in [0, 0.1) is 0 Å². The Morgan fingerprint density at radius 2 is 1.50 bits per heavy atom. The monoisotopic (exact) mass is 272 g/mol. The van der Waals surface area contributed by atoms with Crippen LogP contribution in [0.1, 0.15) is 12.8 Å². The Morgan fingerprint density at radius 3 is 1.78 bits per heavy atom. The summed E-state index contributed by atoms with van der Waals surface area (Å²) < 4.78 is 29.4. The third kappa shape index (κ3) is 4.52. The number of benzene rings is 1. The molecule has 98 valence electrons. The number of hydrogen-bond acceptors (Lipinski definition) is 5. The number of nitrogens with two attached hydrogens (primary N) is 1. The van der Waals surface area contributed by atoms with Crippen LogP contribution in [-0.2, 0) is 19.7 Å². The van der Waals surface area contributed by atoms with Gasteiger partial charge in [0.2, 0.25) is 11.8 Å². The molecule has 1 aromatic carbocycles. The van der Waals surface area contributed by atoms with Crippen molar-refractivity contribution in [3.05, 3.63) is 24.3 Å². The van der Waals surface area contributed by atoms with Crippen molar-refractivity contribution in [2.75, 3.05) is 5.73 Å². The normalized spacial score (nSPS) is 14.7. The fourth-order valence-corrected chi connectivity index (χ4v) is 1.63. The number of nitrogens with one attached hydrogen (secondary N) is 1. The van der Waals surface area contributed by atoms with Crippen molar-refractivity contribution in [1.29, 1.82) is 0 Å². The van der Waals surface area contributed by atoms with Gasteiger partial charge in [0.15, 0.2) is 0 Å². The molecule has 1 aliphatic rings. The van der Waals surface area contributed by atoms with Gasteiger partial charge in [0.05, 0.1) is 4.90 Å². The number of anilines is 1. The van der Waals surface area contributed by atoms with E-state index in [1.54, 1.807) is 0 Å². The molecule has 0 atom stereocenters. The van der Waals surface area contributed by atoms with E-state index in [0.717, 1.165) is 0 Å². The Morgan fingerprint density at radius 1 is 1.06 bits per heavy atom. The van der Waals surface area contributed by atoms with Crippen molar-refractivity contribution in [2.45, 2.75) is 17.7 Å². The first kappa shape index (κ1) is 14.1. The van der Waals surface area contributed by atoms with Crippen molar-refractivity contribution in [2.24, 2.45) is 0 Å². The molecule has 0 spiro atoms. The van der Waals surface area contributed by atoms with Crippen LogP contribution in [0.4, 0.5) is 5.69 Å². The highest BCUT2D eigenvalue weighted by Gasteiger charge is 2.15. The zero-order valence-electron chi connectivity index (χ0n) is 9.29. The summed E-state index contributed by atoms with van der Waals surface area (Å²) in [7, 11) is -4.08. The third-order valence-corrected chi connectivity index (χ3v) is 2.90. The summed E-state index contributed by atoms with van der Waals surface area (Å²) >= 11 is 0. The van der Waals surface area contributed by atoms with E-state index in [-0.39, 0.29) is 16.7 Å². The lowest BCUT2D eigenvalue weighted by atomic mass is 10.3. The van der Waals surface area contributed by atoms with Crippen molar-refractivity contribution in [1.82, 2.24) is 5.32 Å². The molecule has 0 radical (unpaired) electrons. The first-order valence-electron chi connectivity index (χ1n) is 4.95. The second kappa shape index (κ2) is 5.61. The second-order valence-electron chi connectivity index (χ2n) is 3.52. The van der Waals surface area contributed by atoms with Crippen LogP contribution in [0.15, 0.2) is 29.2 Å². The van der Waals surface area contributed by atoms with Crippen LogP contribution in [0.3, 0.4) is 0 Å². The highest BCUT2D eigenvalue weighted by Crippen LogP contribution is 2.10. The lowest BCUT2D eigenvalue weighted by Gasteiger charge is -1.95. The molecule has 0 unspecified atom stereocenters. The van der Waals surface area contributed by atoms with E-state index >= 15 is 0 Å². The SMILES string of the molecule is Nc1ccc(S(=O)(=O)O)cc1.O=C1CCC(=O)N1. The molecule has 1 aromatic rings. The van der Waals surface area contributed by atoms with Crippen LogP contribution in [0.5, 0.6) is 0 Å². The van der Waals surface area contributed by atoms with Gasteiger partial charge in [0, 0.05) is 18.5 Å². The summed E-state index contributed by atoms with van der Waals surface area (Å²) in [5.74, 6) is -0.296. The molecule has 1 fully saturated rings. The van der Waals surface area contributed by atoms with Crippen LogP contribution >= 0.6 is 0 Å². The zero-order valence-corrected chi connectivity index (χ0v) is 10.1. The van der Waals surface area contributed by atoms with Crippen molar-refractivity contribution < 1.29 is 22.6 Å². The lowest BCUT2D eigenvalue weighted by Crippen LogP contribution is -2.18. The molecular formula is C10H12N2O5S. The predicted molar refractivity (Wildman–Crippen MR) is 63.1 cm³/mol. The minimum atomic E-state index is -4.08. The van der Waals surface area contributed by atoms with Gasteiger partial charge in [-0.25, -0.2) is 0 Å². The van der Waals surface area contributed by atoms with Gasteiger partial charge in [0.1, 0.15) is 0 Å². The molecule has 0 aromatic heterocycles. The average Bonchev–Trinajstić information content (AvgIpc) is 2.62. The lowest BCUT2D eigenvalue weighted by molar-refractivity contribution is -0.124. The molecule has 8 heteroatoms. The fourth-order valence-electron chi connectivity index (χ4n) is 1.15. The number of hydrogen-bond donors (Lipinski definition) is 3. The molecule has 1 aliphatic heterocycles. The van der Waals surface area contributed by atoms with E-state index < -0.39 is 10.1 Å². The first-order valence-corrected chi connectivity index (χ1v) is 6.39. The van der Waals surface area contributed by atoms with E-state index in [1.807, 2.05) is 0 Å². The van der Waals surface area contributed by atoms with E-state index in [9.17, 15) is 18.0 Å².